The van der Waals surface area contributed by atoms with E-state index in [0.717, 1.165) is 0 Å². The molecule has 0 aromatic heterocycles. The third kappa shape index (κ3) is 20.2. The molecule has 12 atom stereocenters. The monoisotopic (exact) mass is 1360 g/mol. The smallest absolute Gasteiger partial charge is 0.343 e. The summed E-state index contributed by atoms with van der Waals surface area (Å²) in [6.07, 6.45) is -13.9. The van der Waals surface area contributed by atoms with Crippen LogP contribution in [-0.2, 0) is 129 Å². The van der Waals surface area contributed by atoms with Crippen molar-refractivity contribution in [1.82, 2.24) is 0 Å². The van der Waals surface area contributed by atoms with Gasteiger partial charge in [-0.2, -0.15) is 0 Å². The molecule has 0 spiro atoms. The maximum atomic E-state index is 16.2. The van der Waals surface area contributed by atoms with Crippen LogP contribution in [0.25, 0.3) is 0 Å². The Kier molecular flexibility index (Phi) is 25.4. The second-order valence-corrected chi connectivity index (χ2v) is 29.0. The standard InChI is InChI=1S/C75H75O18P3/c76-73(88-52-61-40-22-7-23-41-61)64(46-55-28-10-1-11-29-55)94(79,80)91-70-68(86-50-59-36-18-5-19-37-59)67(85-49-58-34-16-4-17-35-58)69(87-51-60-38-20-6-21-39-60)71(92-95(81,82)65(47-56-30-12-2-13-31-56)74(77)89-53-62-42-24-8-25-43-62)72(70)93-96(83,84)66(48-57-32-14-3-15-33-57)75(78)90-54-63-44-26-9-27-45-63/h1-45,64-72H,46-54H2,(H,79,80)(H,81,82)(H,83,84)/t64?,65?,66?,67?,68-,69+,70-,71-,72?/m0/s1. The third-order valence-corrected chi connectivity index (χ3v) is 21.3. The zero-order valence-corrected chi connectivity index (χ0v) is 55.0. The Morgan fingerprint density at radius 3 is 0.635 bits per heavy atom. The highest BCUT2D eigenvalue weighted by Gasteiger charge is 2.62. The summed E-state index contributed by atoms with van der Waals surface area (Å²) in [6.45, 7) is -1.95. The first-order chi connectivity index (χ1) is 46.6. The molecule has 10 rings (SSSR count). The van der Waals surface area contributed by atoms with Crippen molar-refractivity contribution in [2.24, 2.45) is 0 Å². The Labute approximate surface area is 558 Å². The van der Waals surface area contributed by atoms with Gasteiger partial charge in [0.15, 0.2) is 17.0 Å². The predicted molar refractivity (Wildman–Crippen MR) is 360 cm³/mol. The van der Waals surface area contributed by atoms with Gasteiger partial charge in [-0.25, -0.2) is 0 Å². The SMILES string of the molecule is O=C(OCc1ccccc1)C(Cc1ccccc1)P(=O)(O)OC1[C@@H](OP(=O)(O)C(Cc2ccccc2)C(=O)OCc2ccccc2)[C@H](OCc2ccccc2)C(OCc2ccccc2)[C@H](OCc2ccccc2)[C@@H]1OP(=O)(O)C(Cc1ccccc1)C(=O)OCc1ccccc1. The molecule has 0 radical (unpaired) electrons. The molecule has 21 heteroatoms. The van der Waals surface area contributed by atoms with E-state index in [2.05, 4.69) is 0 Å². The van der Waals surface area contributed by atoms with Gasteiger partial charge in [-0.1, -0.05) is 273 Å². The number of hydrogen-bond donors (Lipinski definition) is 3. The van der Waals surface area contributed by atoms with Gasteiger partial charge in [-0.05, 0) is 69.3 Å². The van der Waals surface area contributed by atoms with Gasteiger partial charge in [0, 0.05) is 0 Å². The van der Waals surface area contributed by atoms with Crippen LogP contribution in [0.5, 0.6) is 0 Å². The number of rotatable bonds is 33. The van der Waals surface area contributed by atoms with Crippen molar-refractivity contribution >= 4 is 40.7 Å². The summed E-state index contributed by atoms with van der Waals surface area (Å²) in [5.74, 6) is -3.59. The summed E-state index contributed by atoms with van der Waals surface area (Å²) < 4.78 is 107. The van der Waals surface area contributed by atoms with Crippen molar-refractivity contribution in [3.63, 3.8) is 0 Å². The first kappa shape index (κ1) is 70.5. The lowest BCUT2D eigenvalue weighted by Gasteiger charge is -2.50. The van der Waals surface area contributed by atoms with Crippen LogP contribution in [0.3, 0.4) is 0 Å². The lowest BCUT2D eigenvalue weighted by molar-refractivity contribution is -0.252. The van der Waals surface area contributed by atoms with Gasteiger partial charge in [0.2, 0.25) is 0 Å². The largest absolute Gasteiger partial charge is 0.460 e. The number of carbonyl (C=O) groups is 3. The van der Waals surface area contributed by atoms with Crippen molar-refractivity contribution in [2.75, 3.05) is 0 Å². The minimum atomic E-state index is -5.81. The lowest BCUT2D eigenvalue weighted by Crippen LogP contribution is -2.67. The molecule has 1 aliphatic carbocycles. The maximum absolute atomic E-state index is 16.2. The second kappa shape index (κ2) is 34.6. The van der Waals surface area contributed by atoms with Crippen LogP contribution >= 0.6 is 22.8 Å². The molecule has 1 saturated carbocycles. The van der Waals surface area contributed by atoms with E-state index in [0.29, 0.717) is 50.1 Å². The van der Waals surface area contributed by atoms with Crippen LogP contribution in [-0.4, -0.2) is 86.2 Å². The normalized spacial score (nSPS) is 19.8. The van der Waals surface area contributed by atoms with E-state index >= 15 is 13.7 Å². The highest BCUT2D eigenvalue weighted by molar-refractivity contribution is 7.55. The van der Waals surface area contributed by atoms with Crippen molar-refractivity contribution < 1.29 is 84.8 Å². The van der Waals surface area contributed by atoms with Gasteiger partial charge in [0.1, 0.15) is 56.4 Å². The fourth-order valence-electron chi connectivity index (χ4n) is 11.1. The molecule has 0 amide bonds. The summed E-state index contributed by atoms with van der Waals surface area (Å²) in [6, 6.07) is 77.0. The van der Waals surface area contributed by atoms with Crippen LogP contribution in [0.15, 0.2) is 273 Å². The molecule has 498 valence electrons. The van der Waals surface area contributed by atoms with Crippen molar-refractivity contribution in [1.29, 1.82) is 0 Å². The summed E-state index contributed by atoms with van der Waals surface area (Å²) in [5, 5.41) is 0. The second-order valence-electron chi connectivity index (χ2n) is 23.1. The molecule has 9 aromatic carbocycles. The van der Waals surface area contributed by atoms with Gasteiger partial charge in [-0.15, -0.1) is 0 Å². The molecular formula is C75H75O18P3. The molecular weight excluding hydrogens is 1280 g/mol. The predicted octanol–water partition coefficient (Wildman–Crippen LogP) is 13.5. The van der Waals surface area contributed by atoms with E-state index < -0.39 is 114 Å². The van der Waals surface area contributed by atoms with Gasteiger partial charge in [-0.3, -0.25) is 41.6 Å². The molecule has 96 heavy (non-hydrogen) atoms. The van der Waals surface area contributed by atoms with Gasteiger partial charge in [0.25, 0.3) is 0 Å². The fourth-order valence-corrected chi connectivity index (χ4v) is 15.6. The van der Waals surface area contributed by atoms with Crippen LogP contribution in [0, 0.1) is 0 Å². The topological polar surface area (TPSA) is 246 Å². The number of ether oxygens (including phenoxy) is 6. The van der Waals surface area contributed by atoms with E-state index in [9.17, 15) is 29.1 Å². The highest BCUT2D eigenvalue weighted by Crippen LogP contribution is 2.60. The average molecular weight is 1360 g/mol. The van der Waals surface area contributed by atoms with Crippen LogP contribution in [0.4, 0.5) is 0 Å². The first-order valence-electron chi connectivity index (χ1n) is 31.3. The van der Waals surface area contributed by atoms with E-state index in [1.54, 1.807) is 273 Å². The van der Waals surface area contributed by atoms with Crippen molar-refractivity contribution in [3.05, 3.63) is 323 Å². The molecule has 0 heterocycles. The fraction of sp³-hybridized carbons (Fsp3) is 0.240. The molecule has 9 aromatic rings. The van der Waals surface area contributed by atoms with Crippen molar-refractivity contribution in [3.8, 4) is 0 Å². The summed E-state index contributed by atoms with van der Waals surface area (Å²) in [7, 11) is -17.3. The van der Waals surface area contributed by atoms with E-state index in [1.807, 2.05) is 0 Å². The Balaban J connectivity index is 1.18. The van der Waals surface area contributed by atoms with E-state index in [4.69, 9.17) is 42.0 Å². The Morgan fingerprint density at radius 2 is 0.427 bits per heavy atom. The minimum absolute atomic E-state index is 0.268. The molecule has 1 aliphatic rings. The Bertz CT molecular complexity index is 3820. The van der Waals surface area contributed by atoms with E-state index in [-0.39, 0.29) is 39.6 Å². The Hall–Kier alpha value is -8.28. The van der Waals surface area contributed by atoms with Crippen molar-refractivity contribution in [2.45, 2.75) is 113 Å². The van der Waals surface area contributed by atoms with Gasteiger partial charge >= 0.3 is 40.7 Å². The molecule has 0 bridgehead atoms. The molecule has 0 aliphatic heterocycles. The summed E-state index contributed by atoms with van der Waals surface area (Å²) in [4.78, 5) is 84.0. The number of esters is 3. The van der Waals surface area contributed by atoms with Crippen LogP contribution in [0.1, 0.15) is 50.1 Å². The number of hydrogen-bond acceptors (Lipinski definition) is 15. The summed E-state index contributed by atoms with van der Waals surface area (Å²) >= 11 is 0. The average Bonchev–Trinajstić information content (AvgIpc) is 0.743. The number of benzene rings is 9. The van der Waals surface area contributed by atoms with Crippen LogP contribution < -0.4 is 0 Å². The third-order valence-electron chi connectivity index (χ3n) is 16.1. The maximum Gasteiger partial charge on any atom is 0.343 e. The van der Waals surface area contributed by atoms with Crippen LogP contribution in [0.2, 0.25) is 0 Å². The zero-order chi connectivity index (χ0) is 67.2. The lowest BCUT2D eigenvalue weighted by atomic mass is 9.84. The number of carbonyl (C=O) groups excluding carboxylic acids is 3. The molecule has 18 nitrogen and oxygen atoms in total. The minimum Gasteiger partial charge on any atom is -0.460 e. The quantitative estimate of drug-likeness (QED) is 0.0197. The van der Waals surface area contributed by atoms with Gasteiger partial charge < -0.3 is 43.1 Å². The molecule has 1 fully saturated rings. The first-order valence-corrected chi connectivity index (χ1v) is 36.3. The Morgan fingerprint density at radius 1 is 0.260 bits per heavy atom. The molecule has 0 saturated heterocycles. The summed E-state index contributed by atoms with van der Waals surface area (Å²) in [5.41, 5.74) is -1.82. The molecule has 8 unspecified atom stereocenters. The highest BCUT2D eigenvalue weighted by atomic mass is 31.2. The van der Waals surface area contributed by atoms with E-state index in [1.165, 1.54) is 0 Å². The molecule has 3 N–H and O–H groups in total. The zero-order valence-electron chi connectivity index (χ0n) is 52.3. The van der Waals surface area contributed by atoms with Gasteiger partial charge in [0.05, 0.1) is 19.8 Å².